The molecule has 21 heavy (non-hydrogen) atoms. The molecule has 1 aliphatic rings. The molecule has 0 saturated carbocycles. The summed E-state index contributed by atoms with van der Waals surface area (Å²) in [6, 6.07) is 18.0. The summed E-state index contributed by atoms with van der Waals surface area (Å²) >= 11 is 0. The number of aliphatic hydroxyl groups excluding tert-OH is 1. The fourth-order valence-electron chi connectivity index (χ4n) is 3.20. The highest BCUT2D eigenvalue weighted by Crippen LogP contribution is 2.43. The summed E-state index contributed by atoms with van der Waals surface area (Å²) in [7, 11) is 0. The number of para-hydroxylation sites is 1. The molecule has 0 spiro atoms. The predicted octanol–water partition coefficient (Wildman–Crippen LogP) is 2.53. The van der Waals surface area contributed by atoms with Crippen molar-refractivity contribution in [3.05, 3.63) is 65.7 Å². The van der Waals surface area contributed by atoms with E-state index < -0.39 is 5.41 Å². The summed E-state index contributed by atoms with van der Waals surface area (Å²) in [5, 5.41) is 9.24. The maximum absolute atomic E-state index is 12.9. The van der Waals surface area contributed by atoms with E-state index in [2.05, 4.69) is 12.1 Å². The molecule has 1 aliphatic heterocycles. The van der Waals surface area contributed by atoms with Crippen molar-refractivity contribution in [2.24, 2.45) is 0 Å². The van der Waals surface area contributed by atoms with Gasteiger partial charge in [-0.25, -0.2) is 0 Å². The highest BCUT2D eigenvalue weighted by atomic mass is 16.3. The molecule has 3 rings (SSSR count). The molecule has 3 heteroatoms. The number of anilines is 1. The first-order chi connectivity index (χ1) is 10.2. The minimum Gasteiger partial charge on any atom is -0.395 e. The minimum atomic E-state index is -0.562. The first kappa shape index (κ1) is 13.8. The molecule has 2 aromatic carbocycles. The van der Waals surface area contributed by atoms with E-state index >= 15 is 0 Å². The number of nitrogens with zero attached hydrogens (tertiary/aromatic N) is 1. The van der Waals surface area contributed by atoms with Crippen LogP contribution in [0.15, 0.2) is 54.6 Å². The van der Waals surface area contributed by atoms with Crippen LogP contribution in [0.2, 0.25) is 0 Å². The molecule has 0 radical (unpaired) electrons. The number of aliphatic hydroxyl groups is 1. The summed E-state index contributed by atoms with van der Waals surface area (Å²) in [5.41, 5.74) is 2.56. The van der Waals surface area contributed by atoms with Crippen LogP contribution in [0.1, 0.15) is 18.1 Å². The second kappa shape index (κ2) is 5.34. The molecular weight excluding hydrogens is 262 g/mol. The number of β-amino-alcohol motifs (C(OH)–C–C–N with tert-alkyl or cyclic N) is 1. The minimum absolute atomic E-state index is 0.0263. The van der Waals surface area contributed by atoms with Crippen molar-refractivity contribution >= 4 is 11.6 Å². The van der Waals surface area contributed by atoms with Gasteiger partial charge in [-0.3, -0.25) is 4.79 Å². The van der Waals surface area contributed by atoms with Crippen molar-refractivity contribution in [2.45, 2.75) is 18.8 Å². The maximum atomic E-state index is 12.9. The summed E-state index contributed by atoms with van der Waals surface area (Å²) in [5.74, 6) is 0.0709. The van der Waals surface area contributed by atoms with Gasteiger partial charge in [0.25, 0.3) is 0 Å². The Kier molecular flexibility index (Phi) is 3.52. The van der Waals surface area contributed by atoms with Crippen LogP contribution in [-0.2, 0) is 16.6 Å². The number of benzene rings is 2. The van der Waals surface area contributed by atoms with Gasteiger partial charge >= 0.3 is 0 Å². The number of carbonyl (C=O) groups is 1. The molecule has 0 aliphatic carbocycles. The zero-order valence-electron chi connectivity index (χ0n) is 12.1. The number of hydrogen-bond donors (Lipinski definition) is 1. The van der Waals surface area contributed by atoms with Crippen LogP contribution < -0.4 is 4.90 Å². The molecule has 1 N–H and O–H groups in total. The number of carbonyl (C=O) groups excluding carboxylic acids is 1. The van der Waals surface area contributed by atoms with E-state index in [4.69, 9.17) is 0 Å². The quantitative estimate of drug-likeness (QED) is 0.935. The van der Waals surface area contributed by atoms with Crippen LogP contribution in [0.3, 0.4) is 0 Å². The van der Waals surface area contributed by atoms with E-state index in [1.54, 1.807) is 4.90 Å². The van der Waals surface area contributed by atoms with E-state index in [1.807, 2.05) is 49.4 Å². The smallest absolute Gasteiger partial charge is 0.237 e. The molecule has 0 aromatic heterocycles. The SMILES string of the molecule is CC1(Cc2ccccc2)C(=O)N(CCO)c2ccccc21. The standard InChI is InChI=1S/C18H19NO2/c1-18(13-14-7-3-2-4-8-14)15-9-5-6-10-16(15)19(11-12-20)17(18)21/h2-10,20H,11-13H2,1H3. The summed E-state index contributed by atoms with van der Waals surface area (Å²) in [6.07, 6.45) is 0.672. The molecule has 0 bridgehead atoms. The molecule has 1 unspecified atom stereocenters. The van der Waals surface area contributed by atoms with Crippen LogP contribution in [0.5, 0.6) is 0 Å². The number of amides is 1. The zero-order chi connectivity index (χ0) is 14.9. The first-order valence-corrected chi connectivity index (χ1v) is 7.23. The van der Waals surface area contributed by atoms with Crippen molar-refractivity contribution in [1.82, 2.24) is 0 Å². The van der Waals surface area contributed by atoms with E-state index in [-0.39, 0.29) is 12.5 Å². The third-order valence-electron chi connectivity index (χ3n) is 4.23. The Bertz CT molecular complexity index is 653. The fraction of sp³-hybridized carbons (Fsp3) is 0.278. The monoisotopic (exact) mass is 281 g/mol. The Labute approximate surface area is 124 Å². The molecule has 1 heterocycles. The molecule has 1 atom stereocenters. The Morgan fingerprint density at radius 1 is 1.05 bits per heavy atom. The molecule has 1 amide bonds. The van der Waals surface area contributed by atoms with Crippen molar-refractivity contribution in [3.8, 4) is 0 Å². The van der Waals surface area contributed by atoms with Gasteiger partial charge < -0.3 is 10.0 Å². The summed E-state index contributed by atoms with van der Waals surface area (Å²) in [4.78, 5) is 14.6. The predicted molar refractivity (Wildman–Crippen MR) is 83.4 cm³/mol. The van der Waals surface area contributed by atoms with E-state index in [1.165, 1.54) is 0 Å². The highest BCUT2D eigenvalue weighted by molar-refractivity contribution is 6.08. The highest BCUT2D eigenvalue weighted by Gasteiger charge is 2.46. The zero-order valence-corrected chi connectivity index (χ0v) is 12.1. The Morgan fingerprint density at radius 3 is 2.43 bits per heavy atom. The lowest BCUT2D eigenvalue weighted by Crippen LogP contribution is -2.41. The molecule has 0 saturated heterocycles. The van der Waals surface area contributed by atoms with Crippen molar-refractivity contribution < 1.29 is 9.90 Å². The van der Waals surface area contributed by atoms with Crippen LogP contribution in [0.4, 0.5) is 5.69 Å². The first-order valence-electron chi connectivity index (χ1n) is 7.23. The van der Waals surface area contributed by atoms with E-state index in [0.717, 1.165) is 16.8 Å². The van der Waals surface area contributed by atoms with E-state index in [9.17, 15) is 9.90 Å². The van der Waals surface area contributed by atoms with Gasteiger partial charge in [-0.15, -0.1) is 0 Å². The van der Waals surface area contributed by atoms with Crippen LogP contribution in [0.25, 0.3) is 0 Å². The van der Waals surface area contributed by atoms with Gasteiger partial charge in [0.05, 0.1) is 12.0 Å². The molecule has 108 valence electrons. The lowest BCUT2D eigenvalue weighted by molar-refractivity contribution is -0.122. The van der Waals surface area contributed by atoms with Crippen molar-refractivity contribution in [1.29, 1.82) is 0 Å². The summed E-state index contributed by atoms with van der Waals surface area (Å²) < 4.78 is 0. The van der Waals surface area contributed by atoms with Gasteiger partial charge in [0.1, 0.15) is 0 Å². The number of rotatable bonds is 4. The average molecular weight is 281 g/mol. The summed E-state index contributed by atoms with van der Waals surface area (Å²) in [6.45, 7) is 2.32. The van der Waals surface area contributed by atoms with Crippen LogP contribution in [-0.4, -0.2) is 24.2 Å². The van der Waals surface area contributed by atoms with Gasteiger partial charge in [0.2, 0.25) is 5.91 Å². The molecular formula is C18H19NO2. The largest absolute Gasteiger partial charge is 0.395 e. The van der Waals surface area contributed by atoms with Gasteiger partial charge in [-0.05, 0) is 30.5 Å². The Morgan fingerprint density at radius 2 is 1.71 bits per heavy atom. The third-order valence-corrected chi connectivity index (χ3v) is 4.23. The van der Waals surface area contributed by atoms with Crippen LogP contribution >= 0.6 is 0 Å². The number of fused-ring (bicyclic) bond motifs is 1. The second-order valence-electron chi connectivity index (χ2n) is 5.69. The normalized spacial score (nSPS) is 20.7. The third kappa shape index (κ3) is 2.24. The van der Waals surface area contributed by atoms with Crippen molar-refractivity contribution in [3.63, 3.8) is 0 Å². The van der Waals surface area contributed by atoms with Crippen LogP contribution in [0, 0.1) is 0 Å². The Hall–Kier alpha value is -2.13. The van der Waals surface area contributed by atoms with Gasteiger partial charge in [-0.2, -0.15) is 0 Å². The van der Waals surface area contributed by atoms with Gasteiger partial charge in [0.15, 0.2) is 0 Å². The molecule has 2 aromatic rings. The topological polar surface area (TPSA) is 40.5 Å². The van der Waals surface area contributed by atoms with Gasteiger partial charge in [-0.1, -0.05) is 48.5 Å². The van der Waals surface area contributed by atoms with E-state index in [0.29, 0.717) is 13.0 Å². The molecule has 0 fully saturated rings. The number of hydrogen-bond acceptors (Lipinski definition) is 2. The Balaban J connectivity index is 2.03. The average Bonchev–Trinajstić information content (AvgIpc) is 2.71. The molecule has 3 nitrogen and oxygen atoms in total. The maximum Gasteiger partial charge on any atom is 0.237 e. The van der Waals surface area contributed by atoms with Crippen molar-refractivity contribution in [2.75, 3.05) is 18.1 Å². The second-order valence-corrected chi connectivity index (χ2v) is 5.69. The fourth-order valence-corrected chi connectivity index (χ4v) is 3.20. The van der Waals surface area contributed by atoms with Gasteiger partial charge in [0, 0.05) is 12.2 Å². The lowest BCUT2D eigenvalue weighted by Gasteiger charge is -2.24. The lowest BCUT2D eigenvalue weighted by atomic mass is 9.78.